The highest BCUT2D eigenvalue weighted by molar-refractivity contribution is 7.47. The molecule has 0 radical (unpaired) electrons. The Morgan fingerprint density at radius 1 is 0.691 bits per heavy atom. The van der Waals surface area contributed by atoms with Gasteiger partial charge < -0.3 is 34.0 Å². The van der Waals surface area contributed by atoms with Crippen molar-refractivity contribution in [2.24, 2.45) is 5.92 Å². The number of carbonyl (C=O) groups is 2. The van der Waals surface area contributed by atoms with E-state index >= 15 is 0 Å². The van der Waals surface area contributed by atoms with Crippen LogP contribution in [0.15, 0.2) is 12.2 Å². The van der Waals surface area contributed by atoms with Crippen molar-refractivity contribution in [2.75, 3.05) is 26.4 Å². The normalized spacial score (nSPS) is 18.5. The van der Waals surface area contributed by atoms with Crippen molar-refractivity contribution in [1.29, 1.82) is 0 Å². The Bertz CT molecular complexity index is 1120. The van der Waals surface area contributed by atoms with Crippen LogP contribution in [-0.4, -0.2) is 82.6 Å². The molecule has 4 N–H and O–H groups in total. The summed E-state index contributed by atoms with van der Waals surface area (Å²) in [7, 11) is -9.67. The molecule has 1 saturated heterocycles. The summed E-state index contributed by atoms with van der Waals surface area (Å²) in [6, 6.07) is 0. The predicted molar refractivity (Wildman–Crippen MR) is 211 cm³/mol. The molecule has 1 aliphatic rings. The van der Waals surface area contributed by atoms with Crippen LogP contribution in [0.1, 0.15) is 168 Å². The molecule has 55 heavy (non-hydrogen) atoms. The molecule has 1 rings (SSSR count). The molecule has 324 valence electrons. The molecule has 0 aromatic rings. The Hall–Kier alpha value is -1.18. The molecular formula is C39H74O14P2. The lowest BCUT2D eigenvalue weighted by atomic mass is 9.99. The third kappa shape index (κ3) is 32.5. The lowest BCUT2D eigenvalue weighted by molar-refractivity contribution is -0.161. The van der Waals surface area contributed by atoms with Crippen LogP contribution in [0.2, 0.25) is 0 Å². The van der Waals surface area contributed by atoms with E-state index in [-0.39, 0.29) is 19.4 Å². The van der Waals surface area contributed by atoms with E-state index in [0.717, 1.165) is 70.1 Å². The van der Waals surface area contributed by atoms with E-state index < -0.39 is 59.6 Å². The second kappa shape index (κ2) is 31.8. The van der Waals surface area contributed by atoms with Crippen LogP contribution in [0.4, 0.5) is 0 Å². The maximum atomic E-state index is 12.6. The van der Waals surface area contributed by atoms with E-state index in [0.29, 0.717) is 25.0 Å². The number of esters is 2. The number of rotatable bonds is 38. The van der Waals surface area contributed by atoms with Crippen LogP contribution >= 0.6 is 15.6 Å². The summed E-state index contributed by atoms with van der Waals surface area (Å²) in [4.78, 5) is 52.6. The summed E-state index contributed by atoms with van der Waals surface area (Å²) in [5.74, 6) is -0.256. The molecule has 1 heterocycles. The van der Waals surface area contributed by atoms with Gasteiger partial charge in [-0.3, -0.25) is 23.2 Å². The molecule has 0 amide bonds. The van der Waals surface area contributed by atoms with Crippen LogP contribution in [0.25, 0.3) is 0 Å². The molecule has 0 aromatic carbocycles. The van der Waals surface area contributed by atoms with Crippen molar-refractivity contribution in [3.8, 4) is 0 Å². The van der Waals surface area contributed by atoms with Crippen molar-refractivity contribution in [2.45, 2.75) is 193 Å². The maximum Gasteiger partial charge on any atom is 0.472 e. The Balaban J connectivity index is 2.38. The van der Waals surface area contributed by atoms with Gasteiger partial charge in [0.1, 0.15) is 12.7 Å². The lowest BCUT2D eigenvalue weighted by Crippen LogP contribution is -2.30. The van der Waals surface area contributed by atoms with Crippen molar-refractivity contribution >= 4 is 27.6 Å². The Morgan fingerprint density at radius 2 is 1.27 bits per heavy atom. The molecule has 1 aliphatic heterocycles. The number of phosphoric acid groups is 2. The number of ether oxygens (including phenoxy) is 3. The van der Waals surface area contributed by atoms with Gasteiger partial charge in [0.25, 0.3) is 0 Å². The number of carbonyl (C=O) groups excluding carboxylic acids is 2. The van der Waals surface area contributed by atoms with Gasteiger partial charge >= 0.3 is 27.6 Å². The minimum atomic E-state index is -4.86. The lowest BCUT2D eigenvalue weighted by Gasteiger charge is -2.20. The summed E-state index contributed by atoms with van der Waals surface area (Å²) in [6.07, 6.45) is 25.3. The van der Waals surface area contributed by atoms with E-state index in [4.69, 9.17) is 28.5 Å². The second-order valence-electron chi connectivity index (χ2n) is 14.9. The first-order chi connectivity index (χ1) is 26.2. The van der Waals surface area contributed by atoms with E-state index in [1.807, 2.05) is 0 Å². The minimum Gasteiger partial charge on any atom is -0.462 e. The van der Waals surface area contributed by atoms with Crippen LogP contribution in [0.3, 0.4) is 0 Å². The zero-order valence-corrected chi connectivity index (χ0v) is 35.7. The standard InChI is InChI=1S/C39H74O14P2/c1-4-6-19-25-36-37(53-36)26-21-16-12-8-10-14-18-23-28-39(42)52-35(32-51-55(46,47)50-30-34(40)29-49-54(43,44)45)31-48-38(41)27-22-17-13-9-7-11-15-20-24-33(3)5-2/h16,21,33-37,40H,4-15,17-20,22-32H2,1-3H3,(H,46,47)(H2,43,44,45)/b21-16-/t33?,34-,35+,36?,37?/m0/s1. The zero-order chi connectivity index (χ0) is 40.8. The van der Waals surface area contributed by atoms with Crippen LogP contribution in [0.5, 0.6) is 0 Å². The number of aliphatic hydroxyl groups is 1. The van der Waals surface area contributed by atoms with Crippen molar-refractivity contribution in [1.82, 2.24) is 0 Å². The Labute approximate surface area is 330 Å². The molecule has 1 fully saturated rings. The van der Waals surface area contributed by atoms with Gasteiger partial charge in [-0.05, 0) is 44.4 Å². The number of unbranched alkanes of at least 4 members (excludes halogenated alkanes) is 14. The summed E-state index contributed by atoms with van der Waals surface area (Å²) in [6.45, 7) is 4.01. The average molecular weight is 829 g/mol. The van der Waals surface area contributed by atoms with Gasteiger partial charge in [-0.1, -0.05) is 129 Å². The highest BCUT2D eigenvalue weighted by Crippen LogP contribution is 2.44. The number of allylic oxidation sites excluding steroid dienone is 1. The summed E-state index contributed by atoms with van der Waals surface area (Å²) >= 11 is 0. The third-order valence-electron chi connectivity index (χ3n) is 9.61. The Morgan fingerprint density at radius 3 is 1.91 bits per heavy atom. The number of hydrogen-bond acceptors (Lipinski definition) is 11. The van der Waals surface area contributed by atoms with Gasteiger partial charge in [0, 0.05) is 12.8 Å². The summed E-state index contributed by atoms with van der Waals surface area (Å²) < 4.78 is 53.4. The molecule has 0 spiro atoms. The molecule has 4 unspecified atom stereocenters. The van der Waals surface area contributed by atoms with Gasteiger partial charge in [0.2, 0.25) is 0 Å². The van der Waals surface area contributed by atoms with Crippen LogP contribution < -0.4 is 0 Å². The summed E-state index contributed by atoms with van der Waals surface area (Å²) in [5, 5.41) is 9.73. The molecule has 6 atom stereocenters. The highest BCUT2D eigenvalue weighted by Gasteiger charge is 2.36. The second-order valence-corrected chi connectivity index (χ2v) is 17.6. The molecule has 0 aromatic heterocycles. The first-order valence-corrected chi connectivity index (χ1v) is 23.9. The number of hydrogen-bond donors (Lipinski definition) is 4. The highest BCUT2D eigenvalue weighted by atomic mass is 31.2. The SMILES string of the molecule is CCCCCC1OC1C/C=C\CCCCCCCC(=O)O[C@H](COC(=O)CCCCCCCCCCC(C)CC)COP(=O)(O)OC[C@@H](O)COP(=O)(O)O. The van der Waals surface area contributed by atoms with Crippen molar-refractivity contribution < 1.29 is 66.3 Å². The van der Waals surface area contributed by atoms with Crippen LogP contribution in [-0.2, 0) is 46.5 Å². The molecule has 0 aliphatic carbocycles. The zero-order valence-electron chi connectivity index (χ0n) is 33.9. The van der Waals surface area contributed by atoms with E-state index in [2.05, 4.69) is 42.0 Å². The molecule has 14 nitrogen and oxygen atoms in total. The molecule has 0 saturated carbocycles. The van der Waals surface area contributed by atoms with Gasteiger partial charge in [-0.15, -0.1) is 0 Å². The topological polar surface area (TPSA) is 208 Å². The largest absolute Gasteiger partial charge is 0.472 e. The smallest absolute Gasteiger partial charge is 0.462 e. The fraction of sp³-hybridized carbons (Fsp3) is 0.897. The average Bonchev–Trinajstić information content (AvgIpc) is 3.89. The van der Waals surface area contributed by atoms with Gasteiger partial charge in [-0.25, -0.2) is 9.13 Å². The van der Waals surface area contributed by atoms with E-state index in [1.54, 1.807) is 0 Å². The summed E-state index contributed by atoms with van der Waals surface area (Å²) in [5.41, 5.74) is 0. The Kier molecular flexibility index (Phi) is 29.9. The van der Waals surface area contributed by atoms with Gasteiger partial charge in [0.05, 0.1) is 32.0 Å². The third-order valence-corrected chi connectivity index (χ3v) is 11.0. The maximum absolute atomic E-state index is 12.6. The van der Waals surface area contributed by atoms with Crippen LogP contribution in [0, 0.1) is 5.92 Å². The molecule has 16 heteroatoms. The number of aliphatic hydroxyl groups excluding tert-OH is 1. The van der Waals surface area contributed by atoms with Crippen molar-refractivity contribution in [3.05, 3.63) is 12.2 Å². The fourth-order valence-electron chi connectivity index (χ4n) is 5.92. The first-order valence-electron chi connectivity index (χ1n) is 20.9. The number of epoxide rings is 1. The monoisotopic (exact) mass is 828 g/mol. The number of phosphoric ester groups is 2. The fourth-order valence-corrected chi connectivity index (χ4v) is 7.07. The molecular weight excluding hydrogens is 754 g/mol. The van der Waals surface area contributed by atoms with Gasteiger partial charge in [0.15, 0.2) is 6.10 Å². The van der Waals surface area contributed by atoms with E-state index in [9.17, 15) is 28.7 Å². The van der Waals surface area contributed by atoms with Crippen molar-refractivity contribution in [3.63, 3.8) is 0 Å². The van der Waals surface area contributed by atoms with E-state index in [1.165, 1.54) is 57.8 Å². The quantitative estimate of drug-likeness (QED) is 0.0151. The minimum absolute atomic E-state index is 0.113. The molecule has 0 bridgehead atoms. The predicted octanol–water partition coefficient (Wildman–Crippen LogP) is 9.02. The van der Waals surface area contributed by atoms with Gasteiger partial charge in [-0.2, -0.15) is 0 Å². The first kappa shape index (κ1) is 51.8.